The van der Waals surface area contributed by atoms with Crippen molar-refractivity contribution < 1.29 is 18.9 Å². The van der Waals surface area contributed by atoms with E-state index in [1.807, 2.05) is 0 Å². The van der Waals surface area contributed by atoms with E-state index in [1.165, 1.54) is 36.8 Å². The normalized spacial score (nSPS) is 13.3. The van der Waals surface area contributed by atoms with E-state index in [2.05, 4.69) is 52.4 Å². The van der Waals surface area contributed by atoms with E-state index >= 15 is 0 Å². The zero-order valence-corrected chi connectivity index (χ0v) is 13.3. The van der Waals surface area contributed by atoms with Crippen LogP contribution in [0.5, 0.6) is 0 Å². The number of hydrogen-bond acceptors (Lipinski definition) is 1. The number of nitrogens with zero attached hydrogens (tertiary/aromatic N) is 1. The molecule has 0 aliphatic rings. The van der Waals surface area contributed by atoms with E-state index in [0.717, 1.165) is 12.8 Å². The summed E-state index contributed by atoms with van der Waals surface area (Å²) in [4.78, 5) is 2.24. The average Bonchev–Trinajstić information content (AvgIpc) is 2.23. The van der Waals surface area contributed by atoms with Crippen LogP contribution < -0.4 is 18.9 Å². The summed E-state index contributed by atoms with van der Waals surface area (Å²) in [6, 6.07) is 0.482. The van der Waals surface area contributed by atoms with Gasteiger partial charge in [0.1, 0.15) is 0 Å². The van der Waals surface area contributed by atoms with Crippen LogP contribution in [0.1, 0.15) is 52.4 Å². The zero-order valence-electron chi connectivity index (χ0n) is 13.3. The Morgan fingerprint density at radius 2 is 1.94 bits per heavy atom. The number of rotatable bonds is 9. The number of likely N-dealkylation sites (N-methyl/N-ethyl adjacent to an activating group) is 1. The summed E-state index contributed by atoms with van der Waals surface area (Å²) in [6.07, 6.45) is 9.63. The molecule has 0 rings (SSSR count). The van der Waals surface area contributed by atoms with Crippen LogP contribution in [0.25, 0.3) is 0 Å². The summed E-state index contributed by atoms with van der Waals surface area (Å²) in [5.41, 5.74) is 2.53. The van der Waals surface area contributed by atoms with Crippen LogP contribution in [0.2, 0.25) is 0 Å². The van der Waals surface area contributed by atoms with Crippen molar-refractivity contribution in [3.8, 4) is 0 Å². The Balaban J connectivity index is 0. The predicted molar refractivity (Wildman–Crippen MR) is 79.1 cm³/mol. The first-order valence-corrected chi connectivity index (χ1v) is 6.81. The smallest absolute Gasteiger partial charge is 0.303 e. The van der Waals surface area contributed by atoms with Gasteiger partial charge in [-0.1, -0.05) is 44.8 Å². The fourth-order valence-corrected chi connectivity index (χ4v) is 2.07. The van der Waals surface area contributed by atoms with Crippen LogP contribution >= 0.6 is 0 Å². The third-order valence-corrected chi connectivity index (χ3v) is 3.17. The maximum Gasteiger partial charge on any atom is 1.00 e. The molecule has 0 spiro atoms. The molecule has 0 saturated heterocycles. The summed E-state index contributed by atoms with van der Waals surface area (Å²) >= 11 is 0. The van der Waals surface area contributed by atoms with Gasteiger partial charge in [-0.25, -0.2) is 18.6 Å². The second-order valence-corrected chi connectivity index (χ2v) is 5.22. The summed E-state index contributed by atoms with van der Waals surface area (Å²) in [7, 11) is 4.24. The molecule has 0 N–H and O–H groups in total. The van der Waals surface area contributed by atoms with Crippen molar-refractivity contribution >= 4 is 0 Å². The molecular formula is C16H30LiN. The first kappa shape index (κ1) is 20.2. The molecule has 0 fully saturated rings. The summed E-state index contributed by atoms with van der Waals surface area (Å²) in [6.45, 7) is 12.5. The molecule has 2 heteroatoms. The first-order chi connectivity index (χ1) is 7.99. The third kappa shape index (κ3) is 9.89. The molecule has 18 heavy (non-hydrogen) atoms. The molecule has 1 unspecified atom stereocenters. The van der Waals surface area contributed by atoms with Crippen LogP contribution in [0.15, 0.2) is 23.8 Å². The van der Waals surface area contributed by atoms with Crippen molar-refractivity contribution in [1.82, 2.24) is 4.90 Å². The minimum atomic E-state index is 0. The van der Waals surface area contributed by atoms with Crippen molar-refractivity contribution in [2.24, 2.45) is 0 Å². The van der Waals surface area contributed by atoms with Gasteiger partial charge < -0.3 is 4.90 Å². The second-order valence-electron chi connectivity index (χ2n) is 5.22. The van der Waals surface area contributed by atoms with Gasteiger partial charge in [0.05, 0.1) is 0 Å². The van der Waals surface area contributed by atoms with Gasteiger partial charge >= 0.3 is 18.9 Å². The topological polar surface area (TPSA) is 3.24 Å². The summed E-state index contributed by atoms with van der Waals surface area (Å²) in [5, 5.41) is 0. The molecule has 0 saturated carbocycles. The molecule has 0 aliphatic carbocycles. The van der Waals surface area contributed by atoms with Crippen molar-refractivity contribution in [3.63, 3.8) is 0 Å². The Morgan fingerprint density at radius 1 is 1.33 bits per heavy atom. The molecule has 0 heterocycles. The fraction of sp³-hybridized carbons (Fsp3) is 0.688. The summed E-state index contributed by atoms with van der Waals surface area (Å²) < 4.78 is 0. The maximum atomic E-state index is 4.14. The molecule has 1 nitrogen and oxygen atoms in total. The molecule has 1 atom stereocenters. The van der Waals surface area contributed by atoms with E-state index in [9.17, 15) is 0 Å². The van der Waals surface area contributed by atoms with Crippen molar-refractivity contribution in [3.05, 3.63) is 30.7 Å². The average molecular weight is 243 g/mol. The zero-order chi connectivity index (χ0) is 13.3. The van der Waals surface area contributed by atoms with Gasteiger partial charge in [0, 0.05) is 6.04 Å². The standard InChI is InChI=1S/C16H30N.Li/c1-7-8-9-10-11-15(4)12-13-16(14(2)3)17(5)6;/h11,16H,2,4,7-10,12-13H2,1,3,5-6H3;/q-1;+1/b15-11+;. The van der Waals surface area contributed by atoms with Gasteiger partial charge in [-0.3, -0.25) is 0 Å². The second kappa shape index (κ2) is 12.0. The van der Waals surface area contributed by atoms with Gasteiger partial charge in [0.15, 0.2) is 0 Å². The Hall–Kier alpha value is -0.0926. The van der Waals surface area contributed by atoms with Gasteiger partial charge in [0.2, 0.25) is 0 Å². The number of allylic oxidation sites excluding steroid dienone is 2. The van der Waals surface area contributed by atoms with E-state index in [1.54, 1.807) is 0 Å². The third-order valence-electron chi connectivity index (χ3n) is 3.17. The van der Waals surface area contributed by atoms with E-state index in [0.29, 0.717) is 6.04 Å². The Labute approximate surface area is 127 Å². The number of unbranched alkanes of at least 4 members (excludes halogenated alkanes) is 3. The van der Waals surface area contributed by atoms with E-state index in [-0.39, 0.29) is 18.9 Å². The maximum absolute atomic E-state index is 4.14. The Morgan fingerprint density at radius 3 is 2.39 bits per heavy atom. The van der Waals surface area contributed by atoms with Crippen molar-refractivity contribution in [1.29, 1.82) is 0 Å². The van der Waals surface area contributed by atoms with Gasteiger partial charge in [-0.2, -0.15) is 0 Å². The molecular weight excluding hydrogens is 213 g/mol. The molecule has 0 aromatic rings. The van der Waals surface area contributed by atoms with Gasteiger partial charge in [-0.15, -0.1) is 6.42 Å². The van der Waals surface area contributed by atoms with Crippen LogP contribution in [0, 0.1) is 6.92 Å². The SMILES string of the molecule is C=C(C)C(CC/C([CH2-])=C/CCCCC)N(C)C.[Li+]. The summed E-state index contributed by atoms with van der Waals surface area (Å²) in [5.74, 6) is 0. The minimum absolute atomic E-state index is 0. The minimum Gasteiger partial charge on any atom is -0.303 e. The van der Waals surface area contributed by atoms with E-state index < -0.39 is 0 Å². The van der Waals surface area contributed by atoms with Gasteiger partial charge in [0.25, 0.3) is 0 Å². The van der Waals surface area contributed by atoms with Crippen LogP contribution in [0.3, 0.4) is 0 Å². The van der Waals surface area contributed by atoms with Crippen molar-refractivity contribution in [2.45, 2.75) is 58.4 Å². The molecule has 100 valence electrons. The Kier molecular flexibility index (Phi) is 13.5. The molecule has 0 bridgehead atoms. The Bertz CT molecular complexity index is 243. The first-order valence-electron chi connectivity index (χ1n) is 6.81. The quantitative estimate of drug-likeness (QED) is 0.257. The van der Waals surface area contributed by atoms with Crippen LogP contribution in [0.4, 0.5) is 0 Å². The molecule has 0 aromatic heterocycles. The molecule has 0 radical (unpaired) electrons. The largest absolute Gasteiger partial charge is 1.00 e. The number of hydrogen-bond donors (Lipinski definition) is 0. The van der Waals surface area contributed by atoms with Crippen LogP contribution in [-0.4, -0.2) is 25.0 Å². The van der Waals surface area contributed by atoms with Crippen LogP contribution in [-0.2, 0) is 0 Å². The van der Waals surface area contributed by atoms with Gasteiger partial charge in [-0.05, 0) is 27.4 Å². The van der Waals surface area contributed by atoms with Crippen molar-refractivity contribution in [2.75, 3.05) is 14.1 Å². The predicted octanol–water partition coefficient (Wildman–Crippen LogP) is 1.62. The fourth-order valence-electron chi connectivity index (χ4n) is 2.07. The molecule has 0 aliphatic heterocycles. The monoisotopic (exact) mass is 243 g/mol. The molecule has 0 amide bonds. The van der Waals surface area contributed by atoms with E-state index in [4.69, 9.17) is 0 Å². The molecule has 0 aromatic carbocycles.